The van der Waals surface area contributed by atoms with Gasteiger partial charge in [0.1, 0.15) is 11.6 Å². The van der Waals surface area contributed by atoms with Crippen molar-refractivity contribution in [3.8, 4) is 5.69 Å². The fourth-order valence-corrected chi connectivity index (χ4v) is 4.94. The van der Waals surface area contributed by atoms with E-state index >= 15 is 0 Å². The molecule has 0 saturated carbocycles. The van der Waals surface area contributed by atoms with E-state index < -0.39 is 0 Å². The number of piperidine rings is 1. The molecule has 1 aliphatic rings. The van der Waals surface area contributed by atoms with Crippen molar-refractivity contribution in [3.05, 3.63) is 52.8 Å². The van der Waals surface area contributed by atoms with Gasteiger partial charge < -0.3 is 9.74 Å². The van der Waals surface area contributed by atoms with Crippen LogP contribution < -0.4 is 4.90 Å². The van der Waals surface area contributed by atoms with Crippen LogP contribution in [0.5, 0.6) is 0 Å². The average Bonchev–Trinajstić information content (AvgIpc) is 3.08. The number of hydrogen-bond acceptors (Lipinski definition) is 4. The SMILES string of the molecule is [C-]#[N+]C1CCCN(c2nc(C)nc3c2c(C)cn3-c2ccc(C(C)C)cc2SC)C1. The van der Waals surface area contributed by atoms with Gasteiger partial charge in [-0.3, -0.25) is 4.57 Å². The highest BCUT2D eigenvalue weighted by molar-refractivity contribution is 7.98. The Balaban J connectivity index is 1.89. The summed E-state index contributed by atoms with van der Waals surface area (Å²) < 4.78 is 2.22. The average molecular weight is 420 g/mol. The zero-order chi connectivity index (χ0) is 21.4. The lowest BCUT2D eigenvalue weighted by atomic mass is 10.0. The number of fused-ring (bicyclic) bond motifs is 1. The zero-order valence-corrected chi connectivity index (χ0v) is 19.3. The molecule has 2 aromatic heterocycles. The molecule has 1 aliphatic heterocycles. The van der Waals surface area contributed by atoms with Crippen LogP contribution in [0.3, 0.4) is 0 Å². The second-order valence-electron chi connectivity index (χ2n) is 8.43. The van der Waals surface area contributed by atoms with Crippen LogP contribution in [0.15, 0.2) is 29.3 Å². The van der Waals surface area contributed by atoms with Crippen molar-refractivity contribution in [2.24, 2.45) is 0 Å². The van der Waals surface area contributed by atoms with Crippen LogP contribution in [0.4, 0.5) is 5.82 Å². The first-order valence-corrected chi connectivity index (χ1v) is 11.8. The molecule has 0 radical (unpaired) electrons. The molecule has 0 N–H and O–H groups in total. The zero-order valence-electron chi connectivity index (χ0n) is 18.4. The maximum atomic E-state index is 7.46. The van der Waals surface area contributed by atoms with E-state index in [2.05, 4.69) is 65.7 Å². The number of aryl methyl sites for hydroxylation is 2. The number of nitrogens with zero attached hydrogens (tertiary/aromatic N) is 5. The molecule has 156 valence electrons. The third kappa shape index (κ3) is 3.67. The molecule has 1 fully saturated rings. The summed E-state index contributed by atoms with van der Waals surface area (Å²) in [6.07, 6.45) is 6.32. The molecule has 0 aliphatic carbocycles. The summed E-state index contributed by atoms with van der Waals surface area (Å²) in [6, 6.07) is 6.79. The molecule has 6 heteroatoms. The molecule has 1 aromatic carbocycles. The fraction of sp³-hybridized carbons (Fsp3) is 0.458. The van der Waals surface area contributed by atoms with Gasteiger partial charge in [0.25, 0.3) is 0 Å². The molecule has 0 bridgehead atoms. The second-order valence-corrected chi connectivity index (χ2v) is 9.28. The lowest BCUT2D eigenvalue weighted by Crippen LogP contribution is -2.37. The third-order valence-electron chi connectivity index (χ3n) is 5.94. The van der Waals surface area contributed by atoms with Gasteiger partial charge in [-0.2, -0.15) is 0 Å². The Labute approximate surface area is 183 Å². The van der Waals surface area contributed by atoms with Crippen LogP contribution >= 0.6 is 11.8 Å². The van der Waals surface area contributed by atoms with Crippen molar-refractivity contribution in [1.29, 1.82) is 0 Å². The number of benzene rings is 1. The van der Waals surface area contributed by atoms with Crippen molar-refractivity contribution in [3.63, 3.8) is 0 Å². The molecular weight excluding hydrogens is 390 g/mol. The van der Waals surface area contributed by atoms with Crippen molar-refractivity contribution in [2.45, 2.75) is 57.4 Å². The molecule has 30 heavy (non-hydrogen) atoms. The summed E-state index contributed by atoms with van der Waals surface area (Å²) in [4.78, 5) is 17.0. The minimum atomic E-state index is 0.0538. The maximum absolute atomic E-state index is 7.46. The summed E-state index contributed by atoms with van der Waals surface area (Å²) >= 11 is 1.77. The Morgan fingerprint density at radius 2 is 2.03 bits per heavy atom. The Hall–Kier alpha value is -2.52. The van der Waals surface area contributed by atoms with E-state index in [0.717, 1.165) is 54.3 Å². The van der Waals surface area contributed by atoms with Gasteiger partial charge in [-0.25, -0.2) is 16.5 Å². The smallest absolute Gasteiger partial charge is 0.241 e. The maximum Gasteiger partial charge on any atom is 0.241 e. The molecule has 5 nitrogen and oxygen atoms in total. The molecule has 3 heterocycles. The Kier molecular flexibility index (Phi) is 5.75. The highest BCUT2D eigenvalue weighted by Crippen LogP contribution is 2.35. The lowest BCUT2D eigenvalue weighted by Gasteiger charge is -2.29. The predicted molar refractivity (Wildman–Crippen MR) is 126 cm³/mol. The Bertz CT molecular complexity index is 1120. The van der Waals surface area contributed by atoms with Gasteiger partial charge in [-0.1, -0.05) is 19.9 Å². The third-order valence-corrected chi connectivity index (χ3v) is 6.70. The van der Waals surface area contributed by atoms with Gasteiger partial charge in [-0.15, -0.1) is 11.8 Å². The van der Waals surface area contributed by atoms with Crippen molar-refractivity contribution in [1.82, 2.24) is 14.5 Å². The minimum absolute atomic E-state index is 0.0538. The first-order valence-electron chi connectivity index (χ1n) is 10.6. The molecule has 3 aromatic rings. The number of aromatic nitrogens is 3. The van der Waals surface area contributed by atoms with Crippen molar-refractivity contribution >= 4 is 28.6 Å². The fourth-order valence-electron chi connectivity index (χ4n) is 4.31. The van der Waals surface area contributed by atoms with Crippen LogP contribution in [0.1, 0.15) is 49.6 Å². The van der Waals surface area contributed by atoms with Crippen LogP contribution in [0.25, 0.3) is 21.6 Å². The summed E-state index contributed by atoms with van der Waals surface area (Å²) in [7, 11) is 0. The van der Waals surface area contributed by atoms with Crippen molar-refractivity contribution in [2.75, 3.05) is 24.2 Å². The normalized spacial score (nSPS) is 17.0. The summed E-state index contributed by atoms with van der Waals surface area (Å²) in [6.45, 7) is 17.7. The summed E-state index contributed by atoms with van der Waals surface area (Å²) in [5.41, 5.74) is 4.63. The molecule has 1 saturated heterocycles. The quantitative estimate of drug-likeness (QED) is 0.397. The number of hydrogen-bond donors (Lipinski definition) is 0. The van der Waals surface area contributed by atoms with Crippen LogP contribution in [-0.2, 0) is 0 Å². The van der Waals surface area contributed by atoms with E-state index in [4.69, 9.17) is 16.5 Å². The molecule has 4 rings (SSSR count). The second kappa shape index (κ2) is 8.31. The number of anilines is 1. The minimum Gasteiger partial charge on any atom is -0.348 e. The topological polar surface area (TPSA) is 38.3 Å². The van der Waals surface area contributed by atoms with E-state index in [1.165, 1.54) is 16.0 Å². The van der Waals surface area contributed by atoms with Gasteiger partial charge >= 0.3 is 0 Å². The van der Waals surface area contributed by atoms with Crippen LogP contribution in [-0.4, -0.2) is 39.9 Å². The monoisotopic (exact) mass is 419 g/mol. The summed E-state index contributed by atoms with van der Waals surface area (Å²) in [5, 5.41) is 1.10. The highest BCUT2D eigenvalue weighted by atomic mass is 32.2. The Morgan fingerprint density at radius 1 is 1.23 bits per heavy atom. The van der Waals surface area contributed by atoms with Crippen molar-refractivity contribution < 1.29 is 0 Å². The van der Waals surface area contributed by atoms with Gasteiger partial charge in [0.05, 0.1) is 17.6 Å². The first kappa shape index (κ1) is 20.7. The van der Waals surface area contributed by atoms with Gasteiger partial charge in [0, 0.05) is 24.1 Å². The predicted octanol–water partition coefficient (Wildman–Crippen LogP) is 5.77. The Morgan fingerprint density at radius 3 is 2.73 bits per heavy atom. The highest BCUT2D eigenvalue weighted by Gasteiger charge is 2.27. The van der Waals surface area contributed by atoms with E-state index in [1.54, 1.807) is 11.8 Å². The molecule has 1 atom stereocenters. The standard InChI is InChI=1S/C24H29N5S/c1-15(2)18-9-10-20(21(12-18)30-6)29-13-16(3)22-23(26-17(4)27-24(22)29)28-11-7-8-19(14-28)25-5/h9-10,12-13,15,19H,7-8,11,14H2,1-4,6H3. The van der Waals surface area contributed by atoms with Crippen LogP contribution in [0, 0.1) is 20.4 Å². The van der Waals surface area contributed by atoms with E-state index in [-0.39, 0.29) is 6.04 Å². The number of thioether (sulfide) groups is 1. The molecule has 0 spiro atoms. The van der Waals surface area contributed by atoms with Gasteiger partial charge in [-0.05, 0) is 55.7 Å². The van der Waals surface area contributed by atoms with Gasteiger partial charge in [0.15, 0.2) is 5.65 Å². The van der Waals surface area contributed by atoms with Gasteiger partial charge in [0.2, 0.25) is 6.04 Å². The lowest BCUT2D eigenvalue weighted by molar-refractivity contribution is 0.547. The number of rotatable bonds is 4. The molecule has 1 unspecified atom stereocenters. The first-order chi connectivity index (χ1) is 14.4. The van der Waals surface area contributed by atoms with E-state index in [0.29, 0.717) is 5.92 Å². The van der Waals surface area contributed by atoms with E-state index in [1.807, 2.05) is 6.92 Å². The van der Waals surface area contributed by atoms with E-state index in [9.17, 15) is 0 Å². The van der Waals surface area contributed by atoms with Crippen LogP contribution in [0.2, 0.25) is 0 Å². The molecular formula is C24H29N5S. The summed E-state index contributed by atoms with van der Waals surface area (Å²) in [5.74, 6) is 2.25. The molecule has 0 amide bonds. The largest absolute Gasteiger partial charge is 0.348 e.